The molecule has 3 aromatic carbocycles. The Morgan fingerprint density at radius 1 is 0.549 bits per heavy atom. The molecule has 0 saturated carbocycles. The summed E-state index contributed by atoms with van der Waals surface area (Å²) in [6.07, 6.45) is 7.13. The molecule has 0 unspecified atom stereocenters. The molecular formula is C41H58F3N3O4. The lowest BCUT2D eigenvalue weighted by molar-refractivity contribution is 0.130. The van der Waals surface area contributed by atoms with E-state index in [1.165, 1.54) is 24.6 Å². The first kappa shape index (κ1) is 40.5. The van der Waals surface area contributed by atoms with E-state index >= 15 is 0 Å². The zero-order valence-corrected chi connectivity index (χ0v) is 30.7. The highest BCUT2D eigenvalue weighted by Gasteiger charge is 2.25. The predicted molar refractivity (Wildman–Crippen MR) is 197 cm³/mol. The van der Waals surface area contributed by atoms with Crippen LogP contribution in [0.2, 0.25) is 0 Å². The standard InChI is InChI=1S/C14H20FNO2.C14H20FNO.C13H18FNO/c1-18-10-9-16-7-5-11(6-8-16)12-3-2-4-13(15)14(12)17;1-2-8-16-9-6-11(7-10-16)12-4-3-5-13(15)14(12)17;1-2-15-8-6-10(7-9-15)11-4-3-5-12(14)13(11)16/h2-4,11,17H,5-10H2,1H3;3-5,11,17H,2,6-10H2,1H3;3-5,10,16H,2,6-9H2,1H3. The Morgan fingerprint density at radius 3 is 1.20 bits per heavy atom. The van der Waals surface area contributed by atoms with Gasteiger partial charge in [0.1, 0.15) is 0 Å². The fourth-order valence-electron chi connectivity index (χ4n) is 7.62. The summed E-state index contributed by atoms with van der Waals surface area (Å²) in [6, 6.07) is 14.5. The third kappa shape index (κ3) is 11.6. The lowest BCUT2D eigenvalue weighted by Crippen LogP contribution is -2.35. The topological polar surface area (TPSA) is 79.6 Å². The second-order valence-electron chi connectivity index (χ2n) is 14.0. The SMILES string of the molecule is CCCN1CCC(c2cccc(F)c2O)CC1.CCN1CCC(c2cccc(F)c2O)CC1.COCCN1CCC(c2cccc(F)c2O)CC1. The van der Waals surface area contributed by atoms with Gasteiger partial charge in [0.05, 0.1) is 6.61 Å². The molecule has 3 fully saturated rings. The van der Waals surface area contributed by atoms with Crippen LogP contribution >= 0.6 is 0 Å². The number of piperidine rings is 3. The lowest BCUT2D eigenvalue weighted by Gasteiger charge is -2.32. The van der Waals surface area contributed by atoms with Gasteiger partial charge in [-0.1, -0.05) is 50.2 Å². The Labute approximate surface area is 302 Å². The highest BCUT2D eigenvalue weighted by molar-refractivity contribution is 5.38. The van der Waals surface area contributed by atoms with Gasteiger partial charge in [-0.3, -0.25) is 0 Å². The summed E-state index contributed by atoms with van der Waals surface area (Å²) in [7, 11) is 1.71. The van der Waals surface area contributed by atoms with E-state index in [0.717, 1.165) is 121 Å². The van der Waals surface area contributed by atoms with E-state index in [2.05, 4.69) is 28.5 Å². The number of rotatable bonds is 9. The maximum atomic E-state index is 13.3. The molecule has 10 heteroatoms. The van der Waals surface area contributed by atoms with Crippen LogP contribution in [0, 0.1) is 17.5 Å². The van der Waals surface area contributed by atoms with Gasteiger partial charge < -0.3 is 34.8 Å². The summed E-state index contributed by atoms with van der Waals surface area (Å²) in [4.78, 5) is 7.16. The van der Waals surface area contributed by atoms with Gasteiger partial charge in [-0.25, -0.2) is 13.2 Å². The van der Waals surface area contributed by atoms with Crippen LogP contribution < -0.4 is 0 Å². The zero-order valence-electron chi connectivity index (χ0n) is 30.7. The molecule has 0 spiro atoms. The molecule has 0 atom stereocenters. The van der Waals surface area contributed by atoms with Crippen molar-refractivity contribution in [2.45, 2.75) is 76.5 Å². The molecule has 3 saturated heterocycles. The number of likely N-dealkylation sites (tertiary alicyclic amines) is 3. The van der Waals surface area contributed by atoms with Crippen molar-refractivity contribution < 1.29 is 33.2 Å². The zero-order chi connectivity index (χ0) is 36.8. The number of halogens is 3. The van der Waals surface area contributed by atoms with Crippen molar-refractivity contribution in [3.05, 3.63) is 88.7 Å². The van der Waals surface area contributed by atoms with Gasteiger partial charge in [0, 0.05) is 30.3 Å². The number of para-hydroxylation sites is 3. The molecule has 3 aliphatic heterocycles. The molecule has 3 N–H and O–H groups in total. The number of methoxy groups -OCH3 is 1. The highest BCUT2D eigenvalue weighted by atomic mass is 19.1. The average molecular weight is 714 g/mol. The molecule has 0 aliphatic carbocycles. The Bertz CT molecular complexity index is 1470. The maximum absolute atomic E-state index is 13.3. The van der Waals surface area contributed by atoms with Gasteiger partial charge in [0.15, 0.2) is 34.7 Å². The minimum Gasteiger partial charge on any atom is -0.505 e. The molecule has 0 bridgehead atoms. The van der Waals surface area contributed by atoms with Crippen LogP contribution in [0.25, 0.3) is 0 Å². The first-order chi connectivity index (χ1) is 24.7. The number of hydrogen-bond donors (Lipinski definition) is 3. The first-order valence-electron chi connectivity index (χ1n) is 18.7. The van der Waals surface area contributed by atoms with Gasteiger partial charge in [-0.05, 0) is 133 Å². The molecule has 7 nitrogen and oxygen atoms in total. The number of phenols is 3. The molecular weight excluding hydrogens is 655 g/mol. The average Bonchev–Trinajstić information content (AvgIpc) is 3.15. The predicted octanol–water partition coefficient (Wildman–Crippen LogP) is 8.21. The third-order valence-corrected chi connectivity index (χ3v) is 10.7. The normalized spacial score (nSPS) is 18.5. The second kappa shape index (κ2) is 20.7. The van der Waals surface area contributed by atoms with Crippen LogP contribution in [0.3, 0.4) is 0 Å². The third-order valence-electron chi connectivity index (χ3n) is 10.7. The Balaban J connectivity index is 0.000000172. The minimum absolute atomic E-state index is 0.151. The Morgan fingerprint density at radius 2 is 0.882 bits per heavy atom. The molecule has 0 aromatic heterocycles. The van der Waals surface area contributed by atoms with E-state index in [0.29, 0.717) is 11.8 Å². The monoisotopic (exact) mass is 713 g/mol. The molecule has 0 amide bonds. The maximum Gasteiger partial charge on any atom is 0.165 e. The van der Waals surface area contributed by atoms with Crippen molar-refractivity contribution in [1.82, 2.24) is 14.7 Å². The van der Waals surface area contributed by atoms with Gasteiger partial charge in [-0.2, -0.15) is 0 Å². The summed E-state index contributed by atoms with van der Waals surface area (Å²) in [6.45, 7) is 14.4. The number of hydrogen-bond acceptors (Lipinski definition) is 7. The number of benzene rings is 3. The van der Waals surface area contributed by atoms with Crippen LogP contribution in [-0.4, -0.2) is 103 Å². The molecule has 282 valence electrons. The van der Waals surface area contributed by atoms with E-state index in [1.54, 1.807) is 25.3 Å². The summed E-state index contributed by atoms with van der Waals surface area (Å²) in [5.41, 5.74) is 2.30. The van der Waals surface area contributed by atoms with E-state index in [9.17, 15) is 28.5 Å². The minimum atomic E-state index is -0.519. The van der Waals surface area contributed by atoms with Crippen LogP contribution in [0.1, 0.15) is 93.2 Å². The van der Waals surface area contributed by atoms with E-state index in [1.807, 2.05) is 18.2 Å². The number of aromatic hydroxyl groups is 3. The van der Waals surface area contributed by atoms with Crippen molar-refractivity contribution in [1.29, 1.82) is 0 Å². The van der Waals surface area contributed by atoms with Crippen molar-refractivity contribution in [2.75, 3.05) is 72.6 Å². The quantitative estimate of drug-likeness (QED) is 0.206. The van der Waals surface area contributed by atoms with Crippen LogP contribution in [0.5, 0.6) is 17.2 Å². The molecule has 6 rings (SSSR count). The van der Waals surface area contributed by atoms with E-state index < -0.39 is 17.5 Å². The number of ether oxygens (including phenoxy) is 1. The van der Waals surface area contributed by atoms with Gasteiger partial charge >= 0.3 is 0 Å². The van der Waals surface area contributed by atoms with Crippen LogP contribution in [0.4, 0.5) is 13.2 Å². The summed E-state index contributed by atoms with van der Waals surface area (Å²) >= 11 is 0. The molecule has 3 aliphatic rings. The molecule has 3 aromatic rings. The Hall–Kier alpha value is -3.31. The summed E-state index contributed by atoms with van der Waals surface area (Å²) in [5.74, 6) is -1.13. The number of phenolic OH excluding ortho intramolecular Hbond substituents is 3. The fraction of sp³-hybridized carbons (Fsp3) is 0.561. The van der Waals surface area contributed by atoms with Crippen molar-refractivity contribution in [2.24, 2.45) is 0 Å². The van der Waals surface area contributed by atoms with E-state index in [-0.39, 0.29) is 23.2 Å². The molecule has 51 heavy (non-hydrogen) atoms. The summed E-state index contributed by atoms with van der Waals surface area (Å²) in [5, 5.41) is 29.2. The van der Waals surface area contributed by atoms with Crippen molar-refractivity contribution in [3.8, 4) is 17.2 Å². The molecule has 0 radical (unpaired) electrons. The Kier molecular flexibility index (Phi) is 16.4. The van der Waals surface area contributed by atoms with Crippen LogP contribution in [0.15, 0.2) is 54.6 Å². The van der Waals surface area contributed by atoms with Crippen LogP contribution in [-0.2, 0) is 4.74 Å². The van der Waals surface area contributed by atoms with Gasteiger partial charge in [0.25, 0.3) is 0 Å². The van der Waals surface area contributed by atoms with Gasteiger partial charge in [0.2, 0.25) is 0 Å². The number of nitrogens with zero attached hydrogens (tertiary/aromatic N) is 3. The summed E-state index contributed by atoms with van der Waals surface area (Å²) < 4.78 is 44.8. The highest BCUT2D eigenvalue weighted by Crippen LogP contribution is 2.37. The van der Waals surface area contributed by atoms with E-state index in [4.69, 9.17) is 4.74 Å². The molecule has 3 heterocycles. The lowest BCUT2D eigenvalue weighted by atomic mass is 9.88. The second-order valence-corrected chi connectivity index (χ2v) is 14.0. The fourth-order valence-corrected chi connectivity index (χ4v) is 7.62. The van der Waals surface area contributed by atoms with Crippen molar-refractivity contribution in [3.63, 3.8) is 0 Å². The van der Waals surface area contributed by atoms with Crippen molar-refractivity contribution >= 4 is 0 Å². The van der Waals surface area contributed by atoms with Gasteiger partial charge in [-0.15, -0.1) is 0 Å². The first-order valence-corrected chi connectivity index (χ1v) is 18.7. The smallest absolute Gasteiger partial charge is 0.165 e. The largest absolute Gasteiger partial charge is 0.505 e.